The molecule has 5 nitrogen and oxygen atoms in total. The monoisotopic (exact) mass is 316 g/mol. The van der Waals surface area contributed by atoms with E-state index < -0.39 is 12.0 Å². The molecule has 0 atom stereocenters. The number of benzene rings is 1. The molecule has 0 aliphatic carbocycles. The molecule has 112 valence electrons. The SMILES string of the molecule is CCOc1ccccc1C=Nn1c(C(F)(F)F)n[nH]c1=S. The molecule has 0 radical (unpaired) electrons. The Morgan fingerprint density at radius 2 is 2.14 bits per heavy atom. The molecule has 1 aromatic carbocycles. The van der Waals surface area contributed by atoms with Gasteiger partial charge in [-0.3, -0.25) is 0 Å². The molecule has 0 spiro atoms. The fourth-order valence-corrected chi connectivity index (χ4v) is 1.76. The van der Waals surface area contributed by atoms with E-state index in [4.69, 9.17) is 17.0 Å². The normalized spacial score (nSPS) is 12.0. The maximum Gasteiger partial charge on any atom is 0.453 e. The molecule has 0 unspecified atom stereocenters. The molecular weight excluding hydrogens is 305 g/mol. The van der Waals surface area contributed by atoms with Crippen molar-refractivity contribution in [2.75, 3.05) is 6.61 Å². The third-order valence-corrected chi connectivity index (χ3v) is 2.70. The molecule has 2 rings (SSSR count). The first-order valence-electron chi connectivity index (χ1n) is 5.94. The first kappa shape index (κ1) is 15.2. The Balaban J connectivity index is 2.39. The fourth-order valence-electron chi connectivity index (χ4n) is 1.58. The summed E-state index contributed by atoms with van der Waals surface area (Å²) in [4.78, 5) is 0. The Morgan fingerprint density at radius 1 is 1.43 bits per heavy atom. The van der Waals surface area contributed by atoms with Crippen molar-refractivity contribution in [3.8, 4) is 5.75 Å². The Kier molecular flexibility index (Phi) is 4.41. The lowest BCUT2D eigenvalue weighted by atomic mass is 10.2. The number of hydrogen-bond donors (Lipinski definition) is 1. The fraction of sp³-hybridized carbons (Fsp3) is 0.250. The molecule has 0 saturated carbocycles. The van der Waals surface area contributed by atoms with Crippen molar-refractivity contribution in [2.45, 2.75) is 13.1 Å². The van der Waals surface area contributed by atoms with Crippen LogP contribution in [0.25, 0.3) is 0 Å². The van der Waals surface area contributed by atoms with Gasteiger partial charge in [0.1, 0.15) is 5.75 Å². The van der Waals surface area contributed by atoms with Crippen molar-refractivity contribution in [1.29, 1.82) is 0 Å². The van der Waals surface area contributed by atoms with E-state index in [1.165, 1.54) is 6.21 Å². The molecule has 1 aromatic heterocycles. The minimum absolute atomic E-state index is 0.243. The summed E-state index contributed by atoms with van der Waals surface area (Å²) in [5.41, 5.74) is 0.538. The van der Waals surface area contributed by atoms with Crippen LogP contribution in [0.4, 0.5) is 13.2 Å². The molecule has 1 heterocycles. The van der Waals surface area contributed by atoms with Gasteiger partial charge in [-0.05, 0) is 31.3 Å². The molecule has 1 N–H and O–H groups in total. The lowest BCUT2D eigenvalue weighted by Gasteiger charge is -2.06. The van der Waals surface area contributed by atoms with Crippen LogP contribution in [0.5, 0.6) is 5.75 Å². The average Bonchev–Trinajstić information content (AvgIpc) is 2.79. The second-order valence-corrected chi connectivity index (χ2v) is 4.26. The molecule has 0 aliphatic rings. The maximum absolute atomic E-state index is 12.7. The van der Waals surface area contributed by atoms with Crippen LogP contribution in [-0.4, -0.2) is 27.7 Å². The number of hydrogen-bond acceptors (Lipinski definition) is 4. The van der Waals surface area contributed by atoms with Crippen molar-refractivity contribution in [1.82, 2.24) is 14.9 Å². The van der Waals surface area contributed by atoms with Crippen LogP contribution in [0.15, 0.2) is 29.4 Å². The molecule has 2 aromatic rings. The van der Waals surface area contributed by atoms with Crippen LogP contribution in [0.2, 0.25) is 0 Å². The van der Waals surface area contributed by atoms with Gasteiger partial charge in [-0.2, -0.15) is 22.9 Å². The first-order chi connectivity index (χ1) is 9.93. The standard InChI is InChI=1S/C12H11F3N4OS/c1-2-20-9-6-4-3-5-8(9)7-16-19-10(12(13,14)15)17-18-11(19)21/h3-7H,2H2,1H3,(H,18,21). The number of alkyl halides is 3. The van der Waals surface area contributed by atoms with Gasteiger partial charge in [-0.25, -0.2) is 5.10 Å². The molecule has 0 saturated heterocycles. The second-order valence-electron chi connectivity index (χ2n) is 3.88. The predicted molar refractivity (Wildman–Crippen MR) is 73.0 cm³/mol. The molecule has 9 heteroatoms. The Labute approximate surface area is 123 Å². The Hall–Kier alpha value is -2.16. The van der Waals surface area contributed by atoms with E-state index in [0.717, 1.165) is 0 Å². The van der Waals surface area contributed by atoms with Gasteiger partial charge in [0.05, 0.1) is 12.8 Å². The number of para-hydroxylation sites is 1. The van der Waals surface area contributed by atoms with E-state index in [-0.39, 0.29) is 4.77 Å². The lowest BCUT2D eigenvalue weighted by Crippen LogP contribution is -2.12. The van der Waals surface area contributed by atoms with Gasteiger partial charge in [-0.1, -0.05) is 12.1 Å². The smallest absolute Gasteiger partial charge is 0.453 e. The van der Waals surface area contributed by atoms with Crippen molar-refractivity contribution in [3.05, 3.63) is 40.4 Å². The van der Waals surface area contributed by atoms with Crippen LogP contribution in [-0.2, 0) is 6.18 Å². The number of H-pyrrole nitrogens is 1. The van der Waals surface area contributed by atoms with Crippen LogP contribution in [0.3, 0.4) is 0 Å². The summed E-state index contributed by atoms with van der Waals surface area (Å²) in [5, 5.41) is 8.94. The number of halogens is 3. The van der Waals surface area contributed by atoms with Gasteiger partial charge < -0.3 is 4.74 Å². The molecule has 21 heavy (non-hydrogen) atoms. The Morgan fingerprint density at radius 3 is 2.81 bits per heavy atom. The quantitative estimate of drug-likeness (QED) is 0.696. The third kappa shape index (κ3) is 3.48. The second kappa shape index (κ2) is 6.08. The lowest BCUT2D eigenvalue weighted by molar-refractivity contribution is -0.147. The minimum Gasteiger partial charge on any atom is -0.493 e. The summed E-state index contributed by atoms with van der Waals surface area (Å²) < 4.78 is 43.9. The number of nitrogens with one attached hydrogen (secondary N) is 1. The summed E-state index contributed by atoms with van der Waals surface area (Å²) in [7, 11) is 0. The molecule has 0 aliphatic heterocycles. The highest BCUT2D eigenvalue weighted by atomic mass is 32.1. The number of rotatable bonds is 4. The highest BCUT2D eigenvalue weighted by Crippen LogP contribution is 2.27. The van der Waals surface area contributed by atoms with Crippen LogP contribution >= 0.6 is 12.2 Å². The zero-order valence-electron chi connectivity index (χ0n) is 10.9. The predicted octanol–water partition coefficient (Wildman–Crippen LogP) is 3.24. The molecule has 0 bridgehead atoms. The highest BCUT2D eigenvalue weighted by molar-refractivity contribution is 7.71. The highest BCUT2D eigenvalue weighted by Gasteiger charge is 2.37. The van der Waals surface area contributed by atoms with Crippen LogP contribution < -0.4 is 4.74 Å². The summed E-state index contributed by atoms with van der Waals surface area (Å²) in [6.45, 7) is 2.24. The van der Waals surface area contributed by atoms with Crippen molar-refractivity contribution < 1.29 is 17.9 Å². The zero-order valence-corrected chi connectivity index (χ0v) is 11.7. The molecular formula is C12H11F3N4OS. The maximum atomic E-state index is 12.7. The number of nitrogens with zero attached hydrogens (tertiary/aromatic N) is 3. The van der Waals surface area contributed by atoms with E-state index in [9.17, 15) is 13.2 Å². The number of aromatic amines is 1. The zero-order chi connectivity index (χ0) is 15.5. The van der Waals surface area contributed by atoms with E-state index in [1.54, 1.807) is 24.3 Å². The van der Waals surface area contributed by atoms with Gasteiger partial charge in [-0.15, -0.1) is 5.10 Å². The third-order valence-electron chi connectivity index (χ3n) is 2.44. The first-order valence-corrected chi connectivity index (χ1v) is 6.35. The summed E-state index contributed by atoms with van der Waals surface area (Å²) in [6, 6.07) is 6.85. The van der Waals surface area contributed by atoms with E-state index in [0.29, 0.717) is 22.6 Å². The van der Waals surface area contributed by atoms with Crippen molar-refractivity contribution >= 4 is 18.4 Å². The summed E-state index contributed by atoms with van der Waals surface area (Å²) >= 11 is 4.74. The average molecular weight is 316 g/mol. The van der Waals surface area contributed by atoms with Gasteiger partial charge in [0.25, 0.3) is 5.82 Å². The van der Waals surface area contributed by atoms with Crippen LogP contribution in [0, 0.1) is 4.77 Å². The molecule has 0 fully saturated rings. The summed E-state index contributed by atoms with van der Waals surface area (Å²) in [6.07, 6.45) is -3.41. The van der Waals surface area contributed by atoms with Crippen molar-refractivity contribution in [3.63, 3.8) is 0 Å². The number of ether oxygens (including phenoxy) is 1. The summed E-state index contributed by atoms with van der Waals surface area (Å²) in [5.74, 6) is -0.690. The molecule has 0 amide bonds. The van der Waals surface area contributed by atoms with Crippen molar-refractivity contribution in [2.24, 2.45) is 5.10 Å². The van der Waals surface area contributed by atoms with Gasteiger partial charge in [0, 0.05) is 5.56 Å². The minimum atomic E-state index is -4.65. The van der Waals surface area contributed by atoms with Crippen LogP contribution in [0.1, 0.15) is 18.3 Å². The van der Waals surface area contributed by atoms with E-state index in [2.05, 4.69) is 15.3 Å². The van der Waals surface area contributed by atoms with E-state index in [1.807, 2.05) is 6.92 Å². The topological polar surface area (TPSA) is 55.2 Å². The van der Waals surface area contributed by atoms with Gasteiger partial charge >= 0.3 is 6.18 Å². The van der Waals surface area contributed by atoms with E-state index >= 15 is 0 Å². The Bertz CT molecular complexity index is 705. The van der Waals surface area contributed by atoms with Gasteiger partial charge in [0.2, 0.25) is 4.77 Å². The van der Waals surface area contributed by atoms with Gasteiger partial charge in [0.15, 0.2) is 0 Å². The number of aromatic nitrogens is 3. The largest absolute Gasteiger partial charge is 0.493 e.